The first kappa shape index (κ1) is 18.3. The molecule has 1 aliphatic heterocycles. The molecule has 0 atom stereocenters. The van der Waals surface area contributed by atoms with Crippen molar-refractivity contribution < 1.29 is 27.3 Å². The van der Waals surface area contributed by atoms with E-state index in [0.29, 0.717) is 0 Å². The summed E-state index contributed by atoms with van der Waals surface area (Å²) >= 11 is 0. The minimum absolute atomic E-state index is 0.0860. The van der Waals surface area contributed by atoms with Gasteiger partial charge in [0, 0.05) is 11.6 Å². The van der Waals surface area contributed by atoms with E-state index >= 15 is 0 Å². The highest BCUT2D eigenvalue weighted by molar-refractivity contribution is 6.62. The van der Waals surface area contributed by atoms with E-state index in [9.17, 15) is 18.0 Å². The van der Waals surface area contributed by atoms with Crippen molar-refractivity contribution >= 4 is 24.2 Å². The van der Waals surface area contributed by atoms with Crippen LogP contribution < -0.4 is 10.8 Å². The molecular weight excluding hydrogens is 334 g/mol. The number of halogens is 3. The molecule has 1 aliphatic carbocycles. The van der Waals surface area contributed by atoms with Crippen molar-refractivity contribution in [3.05, 3.63) is 23.8 Å². The Kier molecular flexibility index (Phi) is 4.19. The lowest BCUT2D eigenvalue weighted by Crippen LogP contribution is -2.41. The van der Waals surface area contributed by atoms with Gasteiger partial charge >= 0.3 is 13.3 Å². The number of carbonyl (C=O) groups is 1. The van der Waals surface area contributed by atoms with Crippen molar-refractivity contribution in [2.45, 2.75) is 57.9 Å². The van der Waals surface area contributed by atoms with E-state index in [0.717, 1.165) is 18.9 Å². The van der Waals surface area contributed by atoms with Crippen LogP contribution in [0.4, 0.5) is 18.9 Å². The molecule has 1 heterocycles. The molecule has 1 amide bonds. The summed E-state index contributed by atoms with van der Waals surface area (Å²) in [7, 11) is -1.12. The number of hydrogen-bond acceptors (Lipinski definition) is 3. The monoisotopic (exact) mass is 355 g/mol. The Morgan fingerprint density at radius 1 is 1.16 bits per heavy atom. The second-order valence-corrected chi connectivity index (χ2v) is 7.65. The average molecular weight is 355 g/mol. The highest BCUT2D eigenvalue weighted by Gasteiger charge is 2.53. The summed E-state index contributed by atoms with van der Waals surface area (Å²) in [5, 5.41) is 2.55. The standard InChI is InChI=1S/C17H21BF3NO3/c1-15(2)16(3,4)25-18(24-15)13-8-7-11(9-12(13)17(19,20)21)22-14(23)10-5-6-10/h7-10H,5-6H2,1-4H3,(H,22,23). The summed E-state index contributed by atoms with van der Waals surface area (Å²) in [5.41, 5.74) is -2.29. The number of benzene rings is 1. The predicted octanol–water partition coefficient (Wildman–Crippen LogP) is 3.35. The highest BCUT2D eigenvalue weighted by atomic mass is 19.4. The SMILES string of the molecule is CC1(C)OB(c2ccc(NC(=O)C3CC3)cc2C(F)(F)F)OC1(C)C. The van der Waals surface area contributed by atoms with Crippen LogP contribution in [0, 0.1) is 5.92 Å². The molecular formula is C17H21BF3NO3. The molecule has 136 valence electrons. The highest BCUT2D eigenvalue weighted by Crippen LogP contribution is 2.38. The first-order valence-electron chi connectivity index (χ1n) is 8.28. The molecule has 25 heavy (non-hydrogen) atoms. The molecule has 1 saturated heterocycles. The lowest BCUT2D eigenvalue weighted by molar-refractivity contribution is -0.136. The second-order valence-electron chi connectivity index (χ2n) is 7.65. The Morgan fingerprint density at radius 2 is 1.72 bits per heavy atom. The molecule has 0 radical (unpaired) electrons. The van der Waals surface area contributed by atoms with E-state index in [4.69, 9.17) is 9.31 Å². The van der Waals surface area contributed by atoms with Crippen LogP contribution in [0.5, 0.6) is 0 Å². The van der Waals surface area contributed by atoms with Crippen LogP contribution in [0.1, 0.15) is 46.1 Å². The van der Waals surface area contributed by atoms with Crippen LogP contribution in [0.2, 0.25) is 0 Å². The topological polar surface area (TPSA) is 47.6 Å². The van der Waals surface area contributed by atoms with E-state index in [2.05, 4.69) is 5.32 Å². The van der Waals surface area contributed by atoms with Gasteiger partial charge in [-0.3, -0.25) is 4.79 Å². The molecule has 1 aromatic carbocycles. The summed E-state index contributed by atoms with van der Waals surface area (Å²) in [6, 6.07) is 3.71. The number of hydrogen-bond donors (Lipinski definition) is 1. The fraction of sp³-hybridized carbons (Fsp3) is 0.588. The summed E-state index contributed by atoms with van der Waals surface area (Å²) in [6.07, 6.45) is -3.02. The third-order valence-corrected chi connectivity index (χ3v) is 5.08. The van der Waals surface area contributed by atoms with Gasteiger partial charge in [0.1, 0.15) is 0 Å². The van der Waals surface area contributed by atoms with Gasteiger partial charge in [0.15, 0.2) is 0 Å². The molecule has 1 aromatic rings. The smallest absolute Gasteiger partial charge is 0.399 e. The second kappa shape index (κ2) is 5.74. The quantitative estimate of drug-likeness (QED) is 0.846. The molecule has 3 rings (SSSR count). The molecule has 2 fully saturated rings. The van der Waals surface area contributed by atoms with E-state index in [1.165, 1.54) is 12.1 Å². The van der Waals surface area contributed by atoms with E-state index in [1.807, 2.05) is 0 Å². The number of anilines is 1. The normalized spacial score (nSPS) is 22.1. The summed E-state index contributed by atoms with van der Waals surface area (Å²) in [4.78, 5) is 11.8. The predicted molar refractivity (Wildman–Crippen MR) is 88.5 cm³/mol. The molecule has 0 spiro atoms. The first-order chi connectivity index (χ1) is 11.4. The summed E-state index contributed by atoms with van der Waals surface area (Å²) in [5.74, 6) is -0.325. The first-order valence-corrected chi connectivity index (χ1v) is 8.28. The maximum absolute atomic E-state index is 13.6. The Bertz CT molecular complexity index is 683. The maximum Gasteiger partial charge on any atom is 0.495 e. The number of amides is 1. The van der Waals surface area contributed by atoms with Gasteiger partial charge in [-0.15, -0.1) is 0 Å². The zero-order valence-corrected chi connectivity index (χ0v) is 14.7. The van der Waals surface area contributed by atoms with Crippen molar-refractivity contribution in [2.75, 3.05) is 5.32 Å². The zero-order chi connectivity index (χ0) is 18.6. The third kappa shape index (κ3) is 3.55. The minimum Gasteiger partial charge on any atom is -0.399 e. The Morgan fingerprint density at radius 3 is 2.20 bits per heavy atom. The fourth-order valence-electron chi connectivity index (χ4n) is 2.64. The Labute approximate surface area is 145 Å². The maximum atomic E-state index is 13.6. The van der Waals surface area contributed by atoms with Crippen molar-refractivity contribution in [2.24, 2.45) is 5.92 Å². The van der Waals surface area contributed by atoms with Crippen molar-refractivity contribution in [1.82, 2.24) is 0 Å². The van der Waals surface area contributed by atoms with Gasteiger partial charge in [0.25, 0.3) is 0 Å². The van der Waals surface area contributed by atoms with Crippen LogP contribution in [-0.4, -0.2) is 24.2 Å². The molecule has 4 nitrogen and oxygen atoms in total. The molecule has 0 unspecified atom stereocenters. The van der Waals surface area contributed by atoms with Gasteiger partial charge in [-0.05, 0) is 58.1 Å². The lowest BCUT2D eigenvalue weighted by Gasteiger charge is -2.32. The van der Waals surface area contributed by atoms with Crippen LogP contribution in [0.25, 0.3) is 0 Å². The van der Waals surface area contributed by atoms with E-state index in [-0.39, 0.29) is 23.0 Å². The fourth-order valence-corrected chi connectivity index (χ4v) is 2.64. The molecule has 1 saturated carbocycles. The summed E-state index contributed by atoms with van der Waals surface area (Å²) < 4.78 is 52.1. The largest absolute Gasteiger partial charge is 0.495 e. The number of carbonyl (C=O) groups excluding carboxylic acids is 1. The van der Waals surface area contributed by atoms with Gasteiger partial charge in [-0.2, -0.15) is 13.2 Å². The molecule has 0 bridgehead atoms. The van der Waals surface area contributed by atoms with E-state index < -0.39 is 30.1 Å². The van der Waals surface area contributed by atoms with Crippen molar-refractivity contribution in [3.8, 4) is 0 Å². The van der Waals surface area contributed by atoms with Crippen molar-refractivity contribution in [3.63, 3.8) is 0 Å². The minimum atomic E-state index is -4.58. The Hall–Kier alpha value is -1.54. The van der Waals surface area contributed by atoms with Crippen LogP contribution in [0.15, 0.2) is 18.2 Å². The number of alkyl halides is 3. The van der Waals surface area contributed by atoms with Gasteiger partial charge in [-0.25, -0.2) is 0 Å². The van der Waals surface area contributed by atoms with Crippen LogP contribution >= 0.6 is 0 Å². The van der Waals surface area contributed by atoms with Gasteiger partial charge in [-0.1, -0.05) is 6.07 Å². The average Bonchev–Trinajstić information content (AvgIpc) is 3.26. The zero-order valence-electron chi connectivity index (χ0n) is 14.7. The van der Waals surface area contributed by atoms with E-state index in [1.54, 1.807) is 27.7 Å². The molecule has 1 N–H and O–H groups in total. The van der Waals surface area contributed by atoms with Crippen LogP contribution in [0.3, 0.4) is 0 Å². The van der Waals surface area contributed by atoms with Gasteiger partial charge in [0.2, 0.25) is 5.91 Å². The summed E-state index contributed by atoms with van der Waals surface area (Å²) in [6.45, 7) is 7.13. The molecule has 2 aliphatic rings. The molecule has 0 aromatic heterocycles. The molecule has 8 heteroatoms. The van der Waals surface area contributed by atoms with Crippen LogP contribution in [-0.2, 0) is 20.3 Å². The van der Waals surface area contributed by atoms with Gasteiger partial charge in [0.05, 0.1) is 16.8 Å². The lowest BCUT2D eigenvalue weighted by atomic mass is 9.75. The third-order valence-electron chi connectivity index (χ3n) is 5.08. The van der Waals surface area contributed by atoms with Crippen molar-refractivity contribution in [1.29, 1.82) is 0 Å². The van der Waals surface area contributed by atoms with Gasteiger partial charge < -0.3 is 14.6 Å². The number of rotatable bonds is 3. The number of nitrogens with one attached hydrogen (secondary N) is 1. The Balaban J connectivity index is 1.92.